The van der Waals surface area contributed by atoms with Crippen molar-refractivity contribution in [2.75, 3.05) is 13.2 Å². The van der Waals surface area contributed by atoms with Crippen molar-refractivity contribution in [1.82, 2.24) is 0 Å². The molecule has 0 aliphatic rings. The second-order valence-corrected chi connectivity index (χ2v) is 23.4. The first kappa shape index (κ1) is 79.1. The van der Waals surface area contributed by atoms with Crippen molar-refractivity contribution in [1.29, 1.82) is 0 Å². The molecular weight excluding hydrogens is 1020 g/mol. The van der Waals surface area contributed by atoms with E-state index in [1.807, 2.05) is 0 Å². The van der Waals surface area contributed by atoms with Gasteiger partial charge in [0, 0.05) is 19.3 Å². The van der Waals surface area contributed by atoms with Crippen LogP contribution in [0.2, 0.25) is 0 Å². The first-order valence-corrected chi connectivity index (χ1v) is 35.4. The van der Waals surface area contributed by atoms with Crippen molar-refractivity contribution in [2.45, 2.75) is 348 Å². The lowest BCUT2D eigenvalue weighted by Crippen LogP contribution is -2.30. The summed E-state index contributed by atoms with van der Waals surface area (Å²) in [7, 11) is 0. The van der Waals surface area contributed by atoms with Gasteiger partial charge in [-0.1, -0.05) is 329 Å². The quantitative estimate of drug-likeness (QED) is 0.0261. The van der Waals surface area contributed by atoms with Crippen LogP contribution in [0.15, 0.2) is 109 Å². The predicted octanol–water partition coefficient (Wildman–Crippen LogP) is 24.6. The molecule has 0 amide bonds. The van der Waals surface area contributed by atoms with Crippen LogP contribution < -0.4 is 0 Å². The molecule has 1 atom stereocenters. The van der Waals surface area contributed by atoms with E-state index >= 15 is 0 Å². The highest BCUT2D eigenvalue weighted by Crippen LogP contribution is 2.18. The smallest absolute Gasteiger partial charge is 0.306 e. The molecule has 0 aliphatic carbocycles. The van der Waals surface area contributed by atoms with Gasteiger partial charge < -0.3 is 14.2 Å². The Labute approximate surface area is 514 Å². The monoisotopic (exact) mass is 1150 g/mol. The van der Waals surface area contributed by atoms with Gasteiger partial charge in [0.15, 0.2) is 6.10 Å². The first-order chi connectivity index (χ1) is 41.0. The SMILES string of the molecule is CC/C=C\C/C=C\C/C=C\C/C=C\C/C=C\C/C=C\CCCCCCCCCCC(=O)OCC(COC(=O)CCCCCCC/C=C\C/C=C\C/C=C\CC)OC(=O)CCCCCCCCCCCCCCCCCCCCCCCCC. The average Bonchev–Trinajstić information content (AvgIpc) is 3.49. The van der Waals surface area contributed by atoms with E-state index in [4.69, 9.17) is 14.2 Å². The predicted molar refractivity (Wildman–Crippen MR) is 362 cm³/mol. The van der Waals surface area contributed by atoms with Crippen LogP contribution in [0.1, 0.15) is 342 Å². The number of rotatable bonds is 64. The zero-order chi connectivity index (χ0) is 59.9. The fourth-order valence-corrected chi connectivity index (χ4v) is 10.1. The van der Waals surface area contributed by atoms with E-state index in [-0.39, 0.29) is 31.1 Å². The third kappa shape index (κ3) is 68.7. The lowest BCUT2D eigenvalue weighted by Gasteiger charge is -2.18. The fraction of sp³-hybridized carbons (Fsp3) is 0.727. The molecule has 0 spiro atoms. The third-order valence-corrected chi connectivity index (χ3v) is 15.3. The van der Waals surface area contributed by atoms with Crippen molar-refractivity contribution >= 4 is 17.9 Å². The Kier molecular flexibility index (Phi) is 67.2. The molecule has 0 aromatic heterocycles. The van der Waals surface area contributed by atoms with Crippen LogP contribution in [0, 0.1) is 0 Å². The van der Waals surface area contributed by atoms with Gasteiger partial charge in [-0.25, -0.2) is 0 Å². The number of unbranched alkanes of at least 4 members (excludes halogenated alkanes) is 35. The van der Waals surface area contributed by atoms with Crippen LogP contribution in [-0.4, -0.2) is 37.2 Å². The van der Waals surface area contributed by atoms with Gasteiger partial charge in [-0.3, -0.25) is 14.4 Å². The minimum Gasteiger partial charge on any atom is -0.462 e. The lowest BCUT2D eigenvalue weighted by atomic mass is 10.0. The van der Waals surface area contributed by atoms with E-state index in [1.165, 1.54) is 161 Å². The molecule has 0 N–H and O–H groups in total. The number of carbonyl (C=O) groups excluding carboxylic acids is 3. The maximum atomic E-state index is 13.0. The zero-order valence-corrected chi connectivity index (χ0v) is 54.7. The van der Waals surface area contributed by atoms with Gasteiger partial charge in [0.1, 0.15) is 13.2 Å². The Bertz CT molecular complexity index is 1660. The van der Waals surface area contributed by atoms with E-state index < -0.39 is 6.10 Å². The van der Waals surface area contributed by atoms with Crippen LogP contribution >= 0.6 is 0 Å². The van der Waals surface area contributed by atoms with Gasteiger partial charge in [-0.05, 0) is 103 Å². The molecule has 0 fully saturated rings. The second kappa shape index (κ2) is 70.6. The molecule has 476 valence electrons. The topological polar surface area (TPSA) is 78.9 Å². The van der Waals surface area contributed by atoms with Crippen molar-refractivity contribution in [2.24, 2.45) is 0 Å². The molecule has 83 heavy (non-hydrogen) atoms. The van der Waals surface area contributed by atoms with Gasteiger partial charge in [-0.15, -0.1) is 0 Å². The summed E-state index contributed by atoms with van der Waals surface area (Å²) in [6.07, 6.45) is 96.8. The molecule has 1 unspecified atom stereocenters. The largest absolute Gasteiger partial charge is 0.462 e. The van der Waals surface area contributed by atoms with Gasteiger partial charge in [0.2, 0.25) is 0 Å². The summed E-state index contributed by atoms with van der Waals surface area (Å²) in [6.45, 7) is 6.44. The summed E-state index contributed by atoms with van der Waals surface area (Å²) in [6, 6.07) is 0. The maximum Gasteiger partial charge on any atom is 0.306 e. The van der Waals surface area contributed by atoms with Crippen molar-refractivity contribution in [3.8, 4) is 0 Å². The van der Waals surface area contributed by atoms with E-state index in [0.717, 1.165) is 141 Å². The summed E-state index contributed by atoms with van der Waals surface area (Å²) in [5, 5.41) is 0. The number of hydrogen-bond donors (Lipinski definition) is 0. The summed E-state index contributed by atoms with van der Waals surface area (Å²) < 4.78 is 17.0. The highest BCUT2D eigenvalue weighted by Gasteiger charge is 2.19. The Morgan fingerprint density at radius 1 is 0.253 bits per heavy atom. The van der Waals surface area contributed by atoms with Crippen LogP contribution in [0.5, 0.6) is 0 Å². The van der Waals surface area contributed by atoms with Crippen molar-refractivity contribution in [3.05, 3.63) is 109 Å². The summed E-state index contributed by atoms with van der Waals surface area (Å²) in [4.78, 5) is 38.5. The van der Waals surface area contributed by atoms with Gasteiger partial charge in [0.05, 0.1) is 0 Å². The van der Waals surface area contributed by atoms with Crippen LogP contribution in [-0.2, 0) is 28.6 Å². The van der Waals surface area contributed by atoms with E-state index in [9.17, 15) is 14.4 Å². The molecular formula is C77H132O6. The average molecular weight is 1150 g/mol. The molecule has 0 rings (SSSR count). The third-order valence-electron chi connectivity index (χ3n) is 15.3. The second-order valence-electron chi connectivity index (χ2n) is 23.4. The number of ether oxygens (including phenoxy) is 3. The molecule has 0 radical (unpaired) electrons. The number of hydrogen-bond acceptors (Lipinski definition) is 6. The molecule has 0 saturated carbocycles. The molecule has 0 aromatic carbocycles. The fourth-order valence-electron chi connectivity index (χ4n) is 10.1. The normalized spacial score (nSPS) is 12.8. The summed E-state index contributed by atoms with van der Waals surface area (Å²) in [5.41, 5.74) is 0. The Morgan fingerprint density at radius 2 is 0.470 bits per heavy atom. The van der Waals surface area contributed by atoms with E-state index in [2.05, 4.69) is 130 Å². The van der Waals surface area contributed by atoms with Crippen LogP contribution in [0.25, 0.3) is 0 Å². The summed E-state index contributed by atoms with van der Waals surface area (Å²) in [5.74, 6) is -0.895. The molecule has 0 saturated heterocycles. The molecule has 0 aliphatic heterocycles. The standard InChI is InChI=1S/C77H132O6/c1-4-7-10-13-16-19-22-25-28-30-32-34-36-37-38-39-41-42-44-46-49-52-55-58-61-64-67-70-76(79)82-73-74(72-81-75(78)69-66-63-60-57-54-51-48-27-24-21-18-15-12-9-6-3)83-77(80)71-68-65-62-59-56-53-50-47-45-43-40-35-33-31-29-26-23-20-17-14-11-8-5-2/h7,9-10,12,16,18-19,21,25,27-28,32,34,37-38,41-42,48,74H,4-6,8,11,13-15,17,20,22-24,26,29-31,33,35-36,39-40,43-47,49-73H2,1-3H3/b10-7-,12-9-,19-16-,21-18-,28-25-,34-32-,38-37-,42-41-,48-27-. The van der Waals surface area contributed by atoms with Crippen molar-refractivity contribution in [3.63, 3.8) is 0 Å². The van der Waals surface area contributed by atoms with E-state index in [0.29, 0.717) is 19.3 Å². The Hall–Kier alpha value is -3.93. The minimum atomic E-state index is -0.791. The van der Waals surface area contributed by atoms with Crippen LogP contribution in [0.4, 0.5) is 0 Å². The van der Waals surface area contributed by atoms with Crippen LogP contribution in [0.3, 0.4) is 0 Å². The zero-order valence-electron chi connectivity index (χ0n) is 54.7. The highest BCUT2D eigenvalue weighted by atomic mass is 16.6. The molecule has 0 aromatic rings. The molecule has 0 heterocycles. The van der Waals surface area contributed by atoms with Gasteiger partial charge in [0.25, 0.3) is 0 Å². The van der Waals surface area contributed by atoms with Gasteiger partial charge in [-0.2, -0.15) is 0 Å². The number of esters is 3. The minimum absolute atomic E-state index is 0.0864. The lowest BCUT2D eigenvalue weighted by molar-refractivity contribution is -0.167. The molecule has 6 nitrogen and oxygen atoms in total. The summed E-state index contributed by atoms with van der Waals surface area (Å²) >= 11 is 0. The number of carbonyl (C=O) groups is 3. The van der Waals surface area contributed by atoms with Gasteiger partial charge >= 0.3 is 17.9 Å². The number of allylic oxidation sites excluding steroid dienone is 18. The Morgan fingerprint density at radius 3 is 0.735 bits per heavy atom. The molecule has 6 heteroatoms. The Balaban J connectivity index is 4.34. The van der Waals surface area contributed by atoms with E-state index in [1.54, 1.807) is 0 Å². The van der Waals surface area contributed by atoms with Crippen molar-refractivity contribution < 1.29 is 28.6 Å². The highest BCUT2D eigenvalue weighted by molar-refractivity contribution is 5.71. The first-order valence-electron chi connectivity index (χ1n) is 35.4. The molecule has 0 bridgehead atoms. The maximum absolute atomic E-state index is 13.0.